The Kier molecular flexibility index (Phi) is 3.62. The van der Waals surface area contributed by atoms with Crippen LogP contribution in [-0.2, 0) is 0 Å². The number of rotatable bonds is 1. The molecule has 0 aliphatic carbocycles. The van der Waals surface area contributed by atoms with Crippen LogP contribution in [0.3, 0.4) is 0 Å². The van der Waals surface area contributed by atoms with Gasteiger partial charge < -0.3 is 5.73 Å². The first kappa shape index (κ1) is 14.0. The third-order valence-corrected chi connectivity index (χ3v) is 3.76. The number of nitriles is 1. The van der Waals surface area contributed by atoms with E-state index in [1.807, 2.05) is 6.07 Å². The predicted molar refractivity (Wildman–Crippen MR) is 72.9 cm³/mol. The Morgan fingerprint density at radius 2 is 2.11 bits per heavy atom. The topological polar surface area (TPSA) is 53.0 Å². The summed E-state index contributed by atoms with van der Waals surface area (Å²) in [6.45, 7) is 7.36. The Labute approximate surface area is 113 Å². The molecular formula is C15H20FN3. The fourth-order valence-electron chi connectivity index (χ4n) is 2.81. The highest BCUT2D eigenvalue weighted by molar-refractivity contribution is 5.36. The first-order valence-corrected chi connectivity index (χ1v) is 6.56. The van der Waals surface area contributed by atoms with E-state index in [1.165, 1.54) is 6.07 Å². The number of halogens is 1. The van der Waals surface area contributed by atoms with Crippen LogP contribution in [-0.4, -0.2) is 23.0 Å². The first-order chi connectivity index (χ1) is 8.84. The van der Waals surface area contributed by atoms with Gasteiger partial charge in [-0.3, -0.25) is 4.90 Å². The Hall–Kier alpha value is -1.44. The Bertz CT molecular complexity index is 513. The van der Waals surface area contributed by atoms with Crippen LogP contribution in [0.15, 0.2) is 18.2 Å². The van der Waals surface area contributed by atoms with Gasteiger partial charge in [0.25, 0.3) is 0 Å². The van der Waals surface area contributed by atoms with Gasteiger partial charge in [0, 0.05) is 18.1 Å². The fraction of sp³-hybridized carbons (Fsp3) is 0.533. The molecule has 1 aliphatic rings. The molecule has 19 heavy (non-hydrogen) atoms. The van der Waals surface area contributed by atoms with Crippen LogP contribution in [0.1, 0.15) is 44.4 Å². The molecule has 0 aromatic heterocycles. The van der Waals surface area contributed by atoms with E-state index < -0.39 is 5.82 Å². The van der Waals surface area contributed by atoms with Gasteiger partial charge >= 0.3 is 0 Å². The zero-order valence-corrected chi connectivity index (χ0v) is 11.7. The molecule has 1 saturated heterocycles. The normalized spacial score (nSPS) is 24.4. The van der Waals surface area contributed by atoms with Crippen molar-refractivity contribution in [2.45, 2.75) is 44.8 Å². The van der Waals surface area contributed by atoms with Crippen molar-refractivity contribution >= 4 is 0 Å². The summed E-state index contributed by atoms with van der Waals surface area (Å²) in [7, 11) is 0. The van der Waals surface area contributed by atoms with Crippen LogP contribution < -0.4 is 5.73 Å². The van der Waals surface area contributed by atoms with Crippen LogP contribution in [0.4, 0.5) is 4.39 Å². The van der Waals surface area contributed by atoms with E-state index in [0.29, 0.717) is 0 Å². The smallest absolute Gasteiger partial charge is 0.140 e. The van der Waals surface area contributed by atoms with E-state index in [0.717, 1.165) is 18.5 Å². The maximum atomic E-state index is 13.4. The van der Waals surface area contributed by atoms with E-state index in [-0.39, 0.29) is 23.2 Å². The SMILES string of the molecule is CC(C)(C)N1CCC(N)C1c1ccc(F)c(C#N)c1. The summed E-state index contributed by atoms with van der Waals surface area (Å²) >= 11 is 0. The molecule has 0 saturated carbocycles. The molecule has 2 unspecified atom stereocenters. The van der Waals surface area contributed by atoms with Gasteiger partial charge in [0.1, 0.15) is 11.9 Å². The number of hydrogen-bond donors (Lipinski definition) is 1. The summed E-state index contributed by atoms with van der Waals surface area (Å²) in [5.74, 6) is -0.472. The number of benzene rings is 1. The lowest BCUT2D eigenvalue weighted by atomic mass is 9.95. The maximum Gasteiger partial charge on any atom is 0.140 e. The molecular weight excluding hydrogens is 241 g/mol. The summed E-state index contributed by atoms with van der Waals surface area (Å²) in [5, 5.41) is 8.94. The Balaban J connectivity index is 2.41. The number of nitrogens with two attached hydrogens (primary N) is 1. The third-order valence-electron chi connectivity index (χ3n) is 3.76. The molecule has 1 aromatic carbocycles. The fourth-order valence-corrected chi connectivity index (χ4v) is 2.81. The summed E-state index contributed by atoms with van der Waals surface area (Å²) in [4.78, 5) is 2.33. The van der Waals surface area contributed by atoms with Crippen molar-refractivity contribution in [3.05, 3.63) is 35.1 Å². The monoisotopic (exact) mass is 261 g/mol. The quantitative estimate of drug-likeness (QED) is 0.845. The second-order valence-electron chi connectivity index (χ2n) is 6.11. The van der Waals surface area contributed by atoms with Crippen molar-refractivity contribution < 1.29 is 4.39 Å². The van der Waals surface area contributed by atoms with Crippen LogP contribution in [0.2, 0.25) is 0 Å². The molecule has 2 atom stereocenters. The number of hydrogen-bond acceptors (Lipinski definition) is 3. The maximum absolute atomic E-state index is 13.4. The molecule has 2 N–H and O–H groups in total. The summed E-state index contributed by atoms with van der Waals surface area (Å²) in [6, 6.07) is 6.70. The summed E-state index contributed by atoms with van der Waals surface area (Å²) < 4.78 is 13.4. The predicted octanol–water partition coefficient (Wildman–Crippen LogP) is 2.57. The second-order valence-corrected chi connectivity index (χ2v) is 6.11. The zero-order chi connectivity index (χ0) is 14.2. The lowest BCUT2D eigenvalue weighted by Gasteiger charge is -2.38. The van der Waals surface area contributed by atoms with Gasteiger partial charge in [0.2, 0.25) is 0 Å². The largest absolute Gasteiger partial charge is 0.326 e. The second kappa shape index (κ2) is 4.92. The molecule has 1 heterocycles. The molecule has 1 fully saturated rings. The van der Waals surface area contributed by atoms with Gasteiger partial charge in [-0.05, 0) is 44.9 Å². The van der Waals surface area contributed by atoms with Gasteiger partial charge in [-0.1, -0.05) is 6.07 Å². The molecule has 4 heteroatoms. The third kappa shape index (κ3) is 2.63. The lowest BCUT2D eigenvalue weighted by Crippen LogP contribution is -2.43. The van der Waals surface area contributed by atoms with E-state index in [2.05, 4.69) is 25.7 Å². The highest BCUT2D eigenvalue weighted by Gasteiger charge is 2.38. The van der Waals surface area contributed by atoms with E-state index in [9.17, 15) is 4.39 Å². The molecule has 3 nitrogen and oxygen atoms in total. The van der Waals surface area contributed by atoms with E-state index in [4.69, 9.17) is 11.0 Å². The first-order valence-electron chi connectivity index (χ1n) is 6.56. The molecule has 1 aromatic rings. The molecule has 1 aliphatic heterocycles. The van der Waals surface area contributed by atoms with Gasteiger partial charge in [0.05, 0.1) is 11.6 Å². The number of nitrogens with zero attached hydrogens (tertiary/aromatic N) is 2. The van der Waals surface area contributed by atoms with Crippen molar-refractivity contribution in [1.82, 2.24) is 4.90 Å². The van der Waals surface area contributed by atoms with Crippen LogP contribution in [0, 0.1) is 17.1 Å². The van der Waals surface area contributed by atoms with Crippen molar-refractivity contribution in [3.63, 3.8) is 0 Å². The van der Waals surface area contributed by atoms with Gasteiger partial charge in [0.15, 0.2) is 0 Å². The minimum absolute atomic E-state index is 0.0000205. The zero-order valence-electron chi connectivity index (χ0n) is 11.7. The Morgan fingerprint density at radius 3 is 2.68 bits per heavy atom. The van der Waals surface area contributed by atoms with Crippen molar-refractivity contribution in [2.24, 2.45) is 5.73 Å². The van der Waals surface area contributed by atoms with E-state index in [1.54, 1.807) is 12.1 Å². The molecule has 102 valence electrons. The standard InChI is InChI=1S/C15H20FN3/c1-15(2,3)19-7-6-13(18)14(19)10-4-5-12(16)11(8-10)9-17/h4-5,8,13-14H,6-7,18H2,1-3H3. The van der Waals surface area contributed by atoms with Crippen LogP contribution >= 0.6 is 0 Å². The molecule has 0 amide bonds. The molecule has 0 bridgehead atoms. The average molecular weight is 261 g/mol. The lowest BCUT2D eigenvalue weighted by molar-refractivity contribution is 0.117. The van der Waals surface area contributed by atoms with Gasteiger partial charge in [-0.2, -0.15) is 5.26 Å². The molecule has 2 rings (SSSR count). The van der Waals surface area contributed by atoms with Crippen molar-refractivity contribution in [2.75, 3.05) is 6.54 Å². The highest BCUT2D eigenvalue weighted by Crippen LogP contribution is 2.37. The van der Waals surface area contributed by atoms with Gasteiger partial charge in [-0.15, -0.1) is 0 Å². The van der Waals surface area contributed by atoms with Crippen molar-refractivity contribution in [1.29, 1.82) is 5.26 Å². The molecule has 0 radical (unpaired) electrons. The number of likely N-dealkylation sites (tertiary alicyclic amines) is 1. The minimum Gasteiger partial charge on any atom is -0.326 e. The van der Waals surface area contributed by atoms with Gasteiger partial charge in [-0.25, -0.2) is 4.39 Å². The summed E-state index contributed by atoms with van der Waals surface area (Å²) in [6.07, 6.45) is 0.918. The van der Waals surface area contributed by atoms with E-state index >= 15 is 0 Å². The minimum atomic E-state index is -0.472. The average Bonchev–Trinajstić information content (AvgIpc) is 2.72. The van der Waals surface area contributed by atoms with Crippen LogP contribution in [0.25, 0.3) is 0 Å². The molecule has 0 spiro atoms. The Morgan fingerprint density at radius 1 is 1.42 bits per heavy atom. The van der Waals surface area contributed by atoms with Crippen LogP contribution in [0.5, 0.6) is 0 Å². The summed E-state index contributed by atoms with van der Waals surface area (Å²) in [5.41, 5.74) is 7.23. The van der Waals surface area contributed by atoms with Crippen molar-refractivity contribution in [3.8, 4) is 6.07 Å². The highest BCUT2D eigenvalue weighted by atomic mass is 19.1.